The number of nitrogens with one attached hydrogen (secondary N) is 1. The second-order valence-corrected chi connectivity index (χ2v) is 4.29. The third-order valence-corrected chi connectivity index (χ3v) is 3.25. The van der Waals surface area contributed by atoms with E-state index in [0.717, 1.165) is 41.8 Å². The fourth-order valence-corrected chi connectivity index (χ4v) is 2.32. The number of hydrogen-bond acceptors (Lipinski definition) is 3. The third-order valence-electron chi connectivity index (χ3n) is 1.98. The summed E-state index contributed by atoms with van der Waals surface area (Å²) >= 11 is 1.12. The second-order valence-electron chi connectivity index (χ2n) is 3.20. The van der Waals surface area contributed by atoms with Crippen molar-refractivity contribution in [2.75, 3.05) is 6.54 Å². The summed E-state index contributed by atoms with van der Waals surface area (Å²) in [6.45, 7) is 2.42. The van der Waals surface area contributed by atoms with Crippen LogP contribution in [0.25, 0.3) is 0 Å². The van der Waals surface area contributed by atoms with Crippen LogP contribution in [-0.4, -0.2) is 11.5 Å². The largest absolute Gasteiger partial charge is 0.311 e. The molecule has 2 nitrogen and oxygen atoms in total. The third kappa shape index (κ3) is 1.71. The maximum Gasteiger partial charge on any atom is 0.296 e. The number of aromatic nitrogens is 1. The summed E-state index contributed by atoms with van der Waals surface area (Å²) in [5.41, 5.74) is 0.847. The summed E-state index contributed by atoms with van der Waals surface area (Å²) in [6, 6.07) is 0. The quantitative estimate of drug-likeness (QED) is 0.755. The van der Waals surface area contributed by atoms with Crippen molar-refractivity contribution in [3.05, 3.63) is 15.6 Å². The van der Waals surface area contributed by atoms with Gasteiger partial charge in [-0.25, -0.2) is 4.98 Å². The van der Waals surface area contributed by atoms with E-state index >= 15 is 0 Å². The van der Waals surface area contributed by atoms with Crippen LogP contribution >= 0.6 is 11.3 Å². The number of alkyl halides is 2. The van der Waals surface area contributed by atoms with Gasteiger partial charge in [0.25, 0.3) is 5.92 Å². The summed E-state index contributed by atoms with van der Waals surface area (Å²) in [6.07, 6.45) is 0.766. The van der Waals surface area contributed by atoms with Gasteiger partial charge in [-0.2, -0.15) is 8.78 Å². The summed E-state index contributed by atoms with van der Waals surface area (Å²) in [4.78, 5) is 4.91. The van der Waals surface area contributed by atoms with Gasteiger partial charge in [0.15, 0.2) is 5.01 Å². The zero-order valence-corrected chi connectivity index (χ0v) is 8.05. The van der Waals surface area contributed by atoms with Crippen molar-refractivity contribution in [3.63, 3.8) is 0 Å². The number of thiazole rings is 1. The lowest BCUT2D eigenvalue weighted by Gasteiger charge is -2.09. The molecule has 0 aromatic carbocycles. The van der Waals surface area contributed by atoms with Crippen LogP contribution in [0.3, 0.4) is 0 Å². The molecule has 0 amide bonds. The predicted octanol–water partition coefficient (Wildman–Crippen LogP) is 1.90. The first-order valence-corrected chi connectivity index (χ1v) is 4.96. The number of nitrogens with zero attached hydrogens (tertiary/aromatic N) is 1. The van der Waals surface area contributed by atoms with Crippen LogP contribution in [0.4, 0.5) is 8.78 Å². The molecule has 0 spiro atoms. The summed E-state index contributed by atoms with van der Waals surface area (Å²) in [5, 5.41) is 3.08. The highest BCUT2D eigenvalue weighted by Gasteiger charge is 2.30. The normalized spacial score (nSPS) is 17.2. The molecule has 13 heavy (non-hydrogen) atoms. The molecule has 0 saturated carbocycles. The molecule has 2 heterocycles. The highest BCUT2D eigenvalue weighted by Crippen LogP contribution is 2.33. The van der Waals surface area contributed by atoms with Gasteiger partial charge >= 0.3 is 0 Å². The Morgan fingerprint density at radius 1 is 1.54 bits per heavy atom. The van der Waals surface area contributed by atoms with Crippen LogP contribution < -0.4 is 5.32 Å². The van der Waals surface area contributed by atoms with Gasteiger partial charge < -0.3 is 5.32 Å². The minimum Gasteiger partial charge on any atom is -0.311 e. The van der Waals surface area contributed by atoms with E-state index < -0.39 is 5.92 Å². The summed E-state index contributed by atoms with van der Waals surface area (Å²) in [5.74, 6) is -2.79. The van der Waals surface area contributed by atoms with E-state index in [4.69, 9.17) is 0 Å². The minimum absolute atomic E-state index is 0.0544. The van der Waals surface area contributed by atoms with Crippen molar-refractivity contribution in [2.45, 2.75) is 25.8 Å². The average molecular weight is 204 g/mol. The van der Waals surface area contributed by atoms with Crippen LogP contribution in [0.2, 0.25) is 0 Å². The van der Waals surface area contributed by atoms with Crippen molar-refractivity contribution in [3.8, 4) is 0 Å². The zero-order valence-electron chi connectivity index (χ0n) is 7.23. The van der Waals surface area contributed by atoms with Crippen molar-refractivity contribution < 1.29 is 8.78 Å². The smallest absolute Gasteiger partial charge is 0.296 e. The molecular weight excluding hydrogens is 194 g/mol. The second kappa shape index (κ2) is 2.99. The Bertz CT molecular complexity index is 293. The first kappa shape index (κ1) is 9.02. The molecule has 0 atom stereocenters. The summed E-state index contributed by atoms with van der Waals surface area (Å²) < 4.78 is 25.7. The van der Waals surface area contributed by atoms with Crippen LogP contribution in [0.5, 0.6) is 0 Å². The van der Waals surface area contributed by atoms with Crippen molar-refractivity contribution in [1.82, 2.24) is 10.3 Å². The Kier molecular flexibility index (Phi) is 2.08. The van der Waals surface area contributed by atoms with Gasteiger partial charge in [-0.15, -0.1) is 11.3 Å². The predicted molar refractivity (Wildman–Crippen MR) is 47.1 cm³/mol. The molecule has 0 bridgehead atoms. The molecule has 0 unspecified atom stereocenters. The van der Waals surface area contributed by atoms with Crippen LogP contribution in [-0.2, 0) is 18.9 Å². The van der Waals surface area contributed by atoms with Crippen LogP contribution in [0, 0.1) is 0 Å². The Hall–Kier alpha value is -0.550. The van der Waals surface area contributed by atoms with Crippen LogP contribution in [0.15, 0.2) is 0 Å². The van der Waals surface area contributed by atoms with E-state index in [0.29, 0.717) is 6.54 Å². The van der Waals surface area contributed by atoms with Gasteiger partial charge in [-0.1, -0.05) is 0 Å². The molecule has 1 aromatic rings. The number of rotatable bonds is 1. The number of halogens is 2. The maximum absolute atomic E-state index is 12.9. The molecule has 5 heteroatoms. The molecular formula is C8H10F2N2S. The van der Waals surface area contributed by atoms with Crippen molar-refractivity contribution >= 4 is 11.3 Å². The zero-order chi connectivity index (χ0) is 9.47. The molecule has 0 aliphatic carbocycles. The van der Waals surface area contributed by atoms with E-state index in [1.54, 1.807) is 0 Å². The highest BCUT2D eigenvalue weighted by molar-refractivity contribution is 7.11. The highest BCUT2D eigenvalue weighted by atomic mass is 32.1. The Morgan fingerprint density at radius 2 is 2.31 bits per heavy atom. The standard InChI is InChI=1S/C8H10F2N2S/c1-8(9,10)7-12-5-2-3-11-4-6(5)13-7/h11H,2-4H2,1H3. The van der Waals surface area contributed by atoms with E-state index in [-0.39, 0.29) is 5.01 Å². The van der Waals surface area contributed by atoms with Gasteiger partial charge in [0.1, 0.15) is 0 Å². The molecule has 72 valence electrons. The van der Waals surface area contributed by atoms with E-state index in [1.807, 2.05) is 0 Å². The lowest BCUT2D eigenvalue weighted by atomic mass is 10.2. The van der Waals surface area contributed by atoms with Crippen molar-refractivity contribution in [1.29, 1.82) is 0 Å². The summed E-state index contributed by atoms with van der Waals surface area (Å²) in [7, 11) is 0. The molecule has 1 aliphatic rings. The molecule has 2 rings (SSSR count). The van der Waals surface area contributed by atoms with Gasteiger partial charge in [0, 0.05) is 31.3 Å². The molecule has 1 aliphatic heterocycles. The van der Waals surface area contributed by atoms with Gasteiger partial charge in [0.2, 0.25) is 0 Å². The first-order valence-electron chi connectivity index (χ1n) is 4.15. The SMILES string of the molecule is CC(F)(F)c1nc2c(s1)CNCC2. The molecule has 0 fully saturated rings. The van der Waals surface area contributed by atoms with Gasteiger partial charge in [-0.3, -0.25) is 0 Å². The monoisotopic (exact) mass is 204 g/mol. The van der Waals surface area contributed by atoms with E-state index in [1.165, 1.54) is 0 Å². The fraction of sp³-hybridized carbons (Fsp3) is 0.625. The lowest BCUT2D eigenvalue weighted by Crippen LogP contribution is -2.22. The van der Waals surface area contributed by atoms with E-state index in [9.17, 15) is 8.78 Å². The molecule has 0 saturated heterocycles. The first-order chi connectivity index (χ1) is 6.07. The van der Waals surface area contributed by atoms with Crippen molar-refractivity contribution in [2.24, 2.45) is 0 Å². The van der Waals surface area contributed by atoms with Gasteiger partial charge in [0.05, 0.1) is 5.69 Å². The Balaban J connectivity index is 2.36. The average Bonchev–Trinajstić information content (AvgIpc) is 2.45. The Labute approximate surface area is 79.0 Å². The van der Waals surface area contributed by atoms with E-state index in [2.05, 4.69) is 10.3 Å². The fourth-order valence-electron chi connectivity index (χ4n) is 1.31. The molecule has 0 radical (unpaired) electrons. The number of hydrogen-bond donors (Lipinski definition) is 1. The molecule has 1 N–H and O–H groups in total. The minimum atomic E-state index is -2.79. The topological polar surface area (TPSA) is 24.9 Å². The molecule has 1 aromatic heterocycles. The maximum atomic E-state index is 12.9. The van der Waals surface area contributed by atoms with Crippen LogP contribution in [0.1, 0.15) is 22.5 Å². The lowest BCUT2D eigenvalue weighted by molar-refractivity contribution is 0.0171. The number of fused-ring (bicyclic) bond motifs is 1. The Morgan fingerprint density at radius 3 is 2.92 bits per heavy atom. The van der Waals surface area contributed by atoms with Gasteiger partial charge in [-0.05, 0) is 0 Å².